The number of anilines is 2. The minimum absolute atomic E-state index is 0.332. The molecule has 1 amide bonds. The lowest BCUT2D eigenvalue weighted by molar-refractivity contribution is -0.105. The Morgan fingerprint density at radius 2 is 1.65 bits per heavy atom. The van der Waals surface area contributed by atoms with Crippen molar-refractivity contribution in [3.8, 4) is 5.75 Å². The second-order valence-corrected chi connectivity index (χ2v) is 13.0. The van der Waals surface area contributed by atoms with Gasteiger partial charge in [0.05, 0.1) is 51.2 Å². The number of fused-ring (bicyclic) bond motifs is 1. The van der Waals surface area contributed by atoms with Crippen molar-refractivity contribution in [2.75, 3.05) is 63.3 Å². The van der Waals surface area contributed by atoms with Gasteiger partial charge in [0.25, 0.3) is 0 Å². The highest BCUT2D eigenvalue weighted by Crippen LogP contribution is 2.32. The van der Waals surface area contributed by atoms with E-state index in [1.54, 1.807) is 18.2 Å². The van der Waals surface area contributed by atoms with Crippen molar-refractivity contribution in [2.45, 2.75) is 43.8 Å². The molecule has 0 bridgehead atoms. The van der Waals surface area contributed by atoms with Gasteiger partial charge in [-0.15, -0.1) is 0 Å². The highest BCUT2D eigenvalue weighted by atomic mass is 16.6. The van der Waals surface area contributed by atoms with E-state index in [0.717, 1.165) is 11.1 Å². The Labute approximate surface area is 318 Å². The summed E-state index contributed by atoms with van der Waals surface area (Å²) in [7, 11) is 0. The number of nitrogens with one attached hydrogen (secondary N) is 2. The fraction of sp³-hybridized carbons (Fsp3) is 0.385. The molecule has 1 aliphatic heterocycles. The summed E-state index contributed by atoms with van der Waals surface area (Å²) in [6.45, 7) is 3.37. The second-order valence-electron chi connectivity index (χ2n) is 13.0. The number of imidazole rings is 1. The van der Waals surface area contributed by atoms with Crippen LogP contribution in [0, 0.1) is 0 Å². The highest BCUT2D eigenvalue weighted by molar-refractivity contribution is 5.82. The van der Waals surface area contributed by atoms with E-state index in [1.807, 2.05) is 60.7 Å². The Hall–Kier alpha value is -5.04. The number of aromatic nitrogens is 4. The molecule has 55 heavy (non-hydrogen) atoms. The first-order valence-corrected chi connectivity index (χ1v) is 18.1. The number of amides is 1. The Balaban J connectivity index is 0.947. The van der Waals surface area contributed by atoms with Crippen LogP contribution in [0.15, 0.2) is 91.5 Å². The van der Waals surface area contributed by atoms with Crippen molar-refractivity contribution in [1.29, 1.82) is 0 Å². The Bertz CT molecular complexity index is 1920. The third-order valence-electron chi connectivity index (χ3n) is 9.13. The van der Waals surface area contributed by atoms with E-state index >= 15 is 0 Å². The first-order chi connectivity index (χ1) is 26.9. The average Bonchev–Trinajstić information content (AvgIpc) is 3.77. The molecule has 16 heteroatoms. The van der Waals surface area contributed by atoms with Gasteiger partial charge in [-0.25, -0.2) is 15.0 Å². The van der Waals surface area contributed by atoms with Gasteiger partial charge >= 0.3 is 0 Å². The van der Waals surface area contributed by atoms with Crippen LogP contribution in [0.2, 0.25) is 0 Å². The summed E-state index contributed by atoms with van der Waals surface area (Å²) >= 11 is 0. The molecule has 1 saturated heterocycles. The van der Waals surface area contributed by atoms with Crippen LogP contribution < -0.4 is 15.4 Å². The summed E-state index contributed by atoms with van der Waals surface area (Å²) in [6.07, 6.45) is -1.80. The summed E-state index contributed by atoms with van der Waals surface area (Å²) in [6, 6.07) is 25.0. The maximum absolute atomic E-state index is 11.4. The largest absolute Gasteiger partial charge is 0.487 e. The van der Waals surface area contributed by atoms with Gasteiger partial charge in [-0.05, 0) is 28.8 Å². The maximum Gasteiger partial charge on any atom is 0.211 e. The van der Waals surface area contributed by atoms with E-state index in [9.17, 15) is 25.2 Å². The summed E-state index contributed by atoms with van der Waals surface area (Å²) < 4.78 is 24.7. The lowest BCUT2D eigenvalue weighted by atomic mass is 10.1. The van der Waals surface area contributed by atoms with Crippen LogP contribution in [0.25, 0.3) is 11.2 Å². The lowest BCUT2D eigenvalue weighted by Crippen LogP contribution is -2.33. The van der Waals surface area contributed by atoms with Crippen LogP contribution in [-0.2, 0) is 32.2 Å². The second kappa shape index (κ2) is 20.0. The summed E-state index contributed by atoms with van der Waals surface area (Å²) in [5.41, 5.74) is 4.08. The third kappa shape index (κ3) is 10.6. The molecule has 16 nitrogen and oxygen atoms in total. The van der Waals surface area contributed by atoms with Gasteiger partial charge in [0.2, 0.25) is 6.41 Å². The molecule has 3 aromatic carbocycles. The maximum atomic E-state index is 11.4. The van der Waals surface area contributed by atoms with Crippen LogP contribution in [0.4, 0.5) is 11.5 Å². The highest BCUT2D eigenvalue weighted by Gasteiger charge is 2.44. The molecule has 0 spiro atoms. The van der Waals surface area contributed by atoms with Gasteiger partial charge in [0.15, 0.2) is 23.2 Å². The zero-order valence-electron chi connectivity index (χ0n) is 30.3. The molecule has 5 aromatic rings. The first kappa shape index (κ1) is 39.6. The van der Waals surface area contributed by atoms with Crippen molar-refractivity contribution in [3.05, 3.63) is 108 Å². The van der Waals surface area contributed by atoms with Crippen molar-refractivity contribution in [2.24, 2.45) is 0 Å². The van der Waals surface area contributed by atoms with Crippen LogP contribution in [-0.4, -0.2) is 122 Å². The van der Waals surface area contributed by atoms with Gasteiger partial charge in [-0.2, -0.15) is 0 Å². The van der Waals surface area contributed by atoms with E-state index in [-0.39, 0.29) is 0 Å². The summed E-state index contributed by atoms with van der Waals surface area (Å²) in [5, 5.41) is 47.2. The number of nitrogens with zero attached hydrogens (tertiary/aromatic N) is 5. The summed E-state index contributed by atoms with van der Waals surface area (Å²) in [4.78, 5) is 26.4. The van der Waals surface area contributed by atoms with Gasteiger partial charge in [-0.3, -0.25) is 14.3 Å². The Morgan fingerprint density at radius 3 is 2.38 bits per heavy atom. The fourth-order valence-electron chi connectivity index (χ4n) is 6.25. The molecule has 1 aliphatic rings. The van der Waals surface area contributed by atoms with Crippen molar-refractivity contribution in [1.82, 2.24) is 24.4 Å². The number of ether oxygens (including phenoxy) is 4. The van der Waals surface area contributed by atoms with Crippen molar-refractivity contribution in [3.63, 3.8) is 0 Å². The number of aliphatic hydroxyl groups is 4. The molecule has 0 saturated carbocycles. The molecular formula is C39H47N7O9. The van der Waals surface area contributed by atoms with Crippen LogP contribution in [0.5, 0.6) is 5.75 Å². The van der Waals surface area contributed by atoms with E-state index in [0.29, 0.717) is 99.6 Å². The van der Waals surface area contributed by atoms with E-state index < -0.39 is 37.3 Å². The van der Waals surface area contributed by atoms with Gasteiger partial charge in [0.1, 0.15) is 37.0 Å². The van der Waals surface area contributed by atoms with Gasteiger partial charge in [-0.1, -0.05) is 66.7 Å². The molecule has 1 fully saturated rings. The average molecular weight is 758 g/mol. The summed E-state index contributed by atoms with van der Waals surface area (Å²) in [5.74, 6) is 0.981. The molecule has 3 heterocycles. The smallest absolute Gasteiger partial charge is 0.211 e. The first-order valence-electron chi connectivity index (χ1n) is 18.1. The number of rotatable bonds is 22. The molecule has 6 N–H and O–H groups in total. The molecule has 6 rings (SSSR count). The van der Waals surface area contributed by atoms with Crippen LogP contribution >= 0.6 is 0 Å². The predicted octanol–water partition coefficient (Wildman–Crippen LogP) is 2.27. The number of carbonyl (C=O) groups excluding carboxylic acids is 1. The molecule has 292 valence electrons. The molecule has 0 aliphatic carbocycles. The molecular weight excluding hydrogens is 710 g/mol. The van der Waals surface area contributed by atoms with Crippen LogP contribution in [0.3, 0.4) is 0 Å². The number of aliphatic hydroxyl groups excluding tert-OH is 4. The number of benzene rings is 3. The van der Waals surface area contributed by atoms with Gasteiger partial charge in [0, 0.05) is 26.2 Å². The quantitative estimate of drug-likeness (QED) is 0.0443. The molecule has 0 radical (unpaired) electrons. The minimum Gasteiger partial charge on any atom is -0.487 e. The third-order valence-corrected chi connectivity index (χ3v) is 9.13. The van der Waals surface area contributed by atoms with Crippen LogP contribution in [0.1, 0.15) is 29.0 Å². The topological polar surface area (TPSA) is 206 Å². The Morgan fingerprint density at radius 1 is 0.909 bits per heavy atom. The SMILES string of the molecule is O=CNc1cc(C(O)CN(CCOCCOCCNc2ncnc3c2ncn3[C@@H]2O[C@H](CO)[C@@H](O)[C@H]2O)Cc2ccccc2)ccc1OCc1ccccc1. The molecule has 1 unspecified atom stereocenters. The standard InChI is InChI=1S/C39H47N7O9/c47-22-33-35(50)36(51)39(55-33)46-25-43-34-37(41-24-42-38(34)46)40-13-15-52-17-18-53-16-14-45(20-27-7-3-1-4-8-27)21-31(49)29-11-12-32(30(19-29)44-26-48)54-23-28-9-5-2-6-10-28/h1-12,19,24-26,31,33,35-36,39,47,49-51H,13-18,20-23H2,(H,44,48)(H,40,41,42)/t31?,33-,35-,36-,39-/m1/s1. The van der Waals surface area contributed by atoms with E-state index in [4.69, 9.17) is 18.9 Å². The van der Waals surface area contributed by atoms with E-state index in [2.05, 4.69) is 30.5 Å². The number of hydrogen-bond donors (Lipinski definition) is 6. The molecule has 5 atom stereocenters. The normalized spacial score (nSPS) is 18.8. The lowest BCUT2D eigenvalue weighted by Gasteiger charge is -2.26. The van der Waals surface area contributed by atoms with Crippen molar-refractivity contribution < 1.29 is 44.2 Å². The van der Waals surface area contributed by atoms with Gasteiger partial charge < -0.3 is 50.0 Å². The zero-order valence-corrected chi connectivity index (χ0v) is 30.3. The Kier molecular flexibility index (Phi) is 14.4. The zero-order chi connectivity index (χ0) is 38.4. The molecule has 2 aromatic heterocycles. The van der Waals surface area contributed by atoms with Crippen molar-refractivity contribution >= 4 is 29.1 Å². The predicted molar refractivity (Wildman–Crippen MR) is 202 cm³/mol. The fourth-order valence-corrected chi connectivity index (χ4v) is 6.25. The monoisotopic (exact) mass is 757 g/mol. The number of carbonyl (C=O) groups is 1. The number of hydrogen-bond acceptors (Lipinski definition) is 14. The minimum atomic E-state index is -1.26. The van der Waals surface area contributed by atoms with E-state index in [1.165, 1.54) is 17.2 Å².